The fraction of sp³-hybridized carbons (Fsp3) is 0.188. The number of aromatic amines is 1. The zero-order valence-electron chi connectivity index (χ0n) is 12.5. The number of carbonyl (C=O) groups is 1. The van der Waals surface area contributed by atoms with Crippen LogP contribution >= 0.6 is 11.3 Å². The van der Waals surface area contributed by atoms with E-state index in [9.17, 15) is 14.0 Å². The van der Waals surface area contributed by atoms with E-state index < -0.39 is 11.8 Å². The zero-order chi connectivity index (χ0) is 16.6. The molecule has 2 heterocycles. The van der Waals surface area contributed by atoms with Gasteiger partial charge in [0.05, 0.1) is 5.39 Å². The van der Waals surface area contributed by atoms with E-state index >= 15 is 0 Å². The second-order valence-corrected chi connectivity index (χ2v) is 6.05. The number of benzene rings is 1. The predicted octanol–water partition coefficient (Wildman–Crippen LogP) is 3.10. The Labute approximate surface area is 134 Å². The quantitative estimate of drug-likeness (QED) is 0.748. The summed E-state index contributed by atoms with van der Waals surface area (Å²) < 4.78 is 18.7. The van der Waals surface area contributed by atoms with Gasteiger partial charge in [0.25, 0.3) is 5.56 Å². The van der Waals surface area contributed by atoms with Crippen LogP contribution in [0.5, 0.6) is 0 Å². The fourth-order valence-electron chi connectivity index (χ4n) is 2.27. The van der Waals surface area contributed by atoms with E-state index in [1.165, 1.54) is 6.07 Å². The molecule has 0 saturated carbocycles. The van der Waals surface area contributed by atoms with Gasteiger partial charge < -0.3 is 9.72 Å². The molecule has 7 heteroatoms. The van der Waals surface area contributed by atoms with Gasteiger partial charge in [0, 0.05) is 5.56 Å². The van der Waals surface area contributed by atoms with E-state index in [1.54, 1.807) is 32.0 Å². The minimum atomic E-state index is -0.592. The third-order valence-electron chi connectivity index (χ3n) is 3.42. The second kappa shape index (κ2) is 5.92. The number of aryl methyl sites for hydroxylation is 2. The molecule has 0 fully saturated rings. The summed E-state index contributed by atoms with van der Waals surface area (Å²) in [4.78, 5) is 31.9. The van der Waals surface area contributed by atoms with Crippen LogP contribution in [0, 0.1) is 19.7 Å². The number of aromatic nitrogens is 2. The molecule has 0 bridgehead atoms. The normalized spacial score (nSPS) is 10.9. The SMILES string of the molecule is Cc1nc2sc(C(=O)OCc3ccccc3F)c(C)c2c(=O)[nH]1. The van der Waals surface area contributed by atoms with Crippen LogP contribution in [0.2, 0.25) is 0 Å². The number of thiophene rings is 1. The number of hydrogen-bond donors (Lipinski definition) is 1. The molecular weight excluding hydrogens is 319 g/mol. The van der Waals surface area contributed by atoms with Crippen LogP contribution in [-0.2, 0) is 11.3 Å². The Hall–Kier alpha value is -2.54. The first-order chi connectivity index (χ1) is 11.0. The average Bonchev–Trinajstić information content (AvgIpc) is 2.83. The van der Waals surface area contributed by atoms with E-state index in [0.29, 0.717) is 32.0 Å². The lowest BCUT2D eigenvalue weighted by Crippen LogP contribution is -2.10. The van der Waals surface area contributed by atoms with Crippen molar-refractivity contribution in [1.82, 2.24) is 9.97 Å². The molecule has 1 N–H and O–H groups in total. The Morgan fingerprint density at radius 1 is 1.35 bits per heavy atom. The molecule has 0 saturated heterocycles. The van der Waals surface area contributed by atoms with E-state index in [0.717, 1.165) is 11.3 Å². The van der Waals surface area contributed by atoms with Crippen molar-refractivity contribution >= 4 is 27.5 Å². The van der Waals surface area contributed by atoms with Gasteiger partial charge in [-0.2, -0.15) is 0 Å². The number of nitrogens with zero attached hydrogens (tertiary/aromatic N) is 1. The summed E-state index contributed by atoms with van der Waals surface area (Å²) in [7, 11) is 0. The van der Waals surface area contributed by atoms with Gasteiger partial charge in [0.15, 0.2) is 0 Å². The van der Waals surface area contributed by atoms with Gasteiger partial charge in [-0.3, -0.25) is 4.79 Å². The molecule has 0 aliphatic carbocycles. The molecule has 23 heavy (non-hydrogen) atoms. The lowest BCUT2D eigenvalue weighted by molar-refractivity contribution is 0.0474. The van der Waals surface area contributed by atoms with Gasteiger partial charge in [-0.05, 0) is 25.5 Å². The van der Waals surface area contributed by atoms with Gasteiger partial charge in [-0.1, -0.05) is 18.2 Å². The molecule has 0 unspecified atom stereocenters. The topological polar surface area (TPSA) is 72.0 Å². The number of hydrogen-bond acceptors (Lipinski definition) is 5. The fourth-order valence-corrected chi connectivity index (χ4v) is 3.39. The number of ether oxygens (including phenoxy) is 1. The Balaban J connectivity index is 1.90. The maximum Gasteiger partial charge on any atom is 0.349 e. The highest BCUT2D eigenvalue weighted by Crippen LogP contribution is 2.27. The minimum absolute atomic E-state index is 0.165. The summed E-state index contributed by atoms with van der Waals surface area (Å²) in [6, 6.07) is 6.09. The van der Waals surface area contributed by atoms with Gasteiger partial charge in [0.2, 0.25) is 0 Å². The molecule has 0 aliphatic heterocycles. The number of esters is 1. The van der Waals surface area contributed by atoms with E-state index in [1.807, 2.05) is 0 Å². The largest absolute Gasteiger partial charge is 0.457 e. The number of fused-ring (bicyclic) bond motifs is 1. The lowest BCUT2D eigenvalue weighted by Gasteiger charge is -2.05. The Bertz CT molecular complexity index is 962. The summed E-state index contributed by atoms with van der Waals surface area (Å²) >= 11 is 1.10. The number of halogens is 1. The number of H-pyrrole nitrogens is 1. The maximum absolute atomic E-state index is 13.5. The predicted molar refractivity (Wildman–Crippen MR) is 85.2 cm³/mol. The molecule has 5 nitrogen and oxygen atoms in total. The average molecular weight is 332 g/mol. The van der Waals surface area contributed by atoms with Crippen LogP contribution in [0.4, 0.5) is 4.39 Å². The van der Waals surface area contributed by atoms with E-state index in [-0.39, 0.29) is 12.2 Å². The Kier molecular flexibility index (Phi) is 3.96. The molecule has 0 radical (unpaired) electrons. The molecule has 3 rings (SSSR count). The van der Waals surface area contributed by atoms with Crippen molar-refractivity contribution in [1.29, 1.82) is 0 Å². The molecule has 118 valence electrons. The van der Waals surface area contributed by atoms with E-state index in [4.69, 9.17) is 4.74 Å². The highest BCUT2D eigenvalue weighted by atomic mass is 32.1. The van der Waals surface area contributed by atoms with Crippen LogP contribution < -0.4 is 5.56 Å². The summed E-state index contributed by atoms with van der Waals surface area (Å²) in [6.45, 7) is 3.18. The standard InChI is InChI=1S/C16H13FN2O3S/c1-8-12-14(20)18-9(2)19-15(12)23-13(8)16(21)22-7-10-5-3-4-6-11(10)17/h3-6H,7H2,1-2H3,(H,18,19,20). The van der Waals surface area contributed by atoms with Crippen molar-refractivity contribution in [3.63, 3.8) is 0 Å². The molecule has 2 aromatic heterocycles. The molecule has 0 atom stereocenters. The van der Waals surface area contributed by atoms with Gasteiger partial charge in [-0.25, -0.2) is 14.2 Å². The Morgan fingerprint density at radius 2 is 2.09 bits per heavy atom. The first-order valence-corrected chi connectivity index (χ1v) is 7.69. The van der Waals surface area contributed by atoms with E-state index in [2.05, 4.69) is 9.97 Å². The highest BCUT2D eigenvalue weighted by molar-refractivity contribution is 7.20. The first-order valence-electron chi connectivity index (χ1n) is 6.88. The smallest absolute Gasteiger partial charge is 0.349 e. The second-order valence-electron chi connectivity index (χ2n) is 5.06. The molecule has 0 amide bonds. The van der Waals surface area contributed by atoms with Crippen molar-refractivity contribution in [2.45, 2.75) is 20.5 Å². The third kappa shape index (κ3) is 2.87. The van der Waals surface area contributed by atoms with Crippen molar-refractivity contribution in [2.24, 2.45) is 0 Å². The van der Waals surface area contributed by atoms with Crippen LogP contribution in [0.25, 0.3) is 10.2 Å². The van der Waals surface area contributed by atoms with Crippen LogP contribution in [0.3, 0.4) is 0 Å². The van der Waals surface area contributed by atoms with Crippen LogP contribution in [0.15, 0.2) is 29.1 Å². The monoisotopic (exact) mass is 332 g/mol. The Morgan fingerprint density at radius 3 is 2.83 bits per heavy atom. The zero-order valence-corrected chi connectivity index (χ0v) is 13.3. The van der Waals surface area contributed by atoms with Crippen molar-refractivity contribution < 1.29 is 13.9 Å². The van der Waals surface area contributed by atoms with Crippen molar-refractivity contribution in [3.05, 3.63) is 62.3 Å². The summed E-state index contributed by atoms with van der Waals surface area (Å²) in [5.74, 6) is -0.539. The summed E-state index contributed by atoms with van der Waals surface area (Å²) in [6.07, 6.45) is 0. The molecular formula is C16H13FN2O3S. The molecule has 0 spiro atoms. The summed E-state index contributed by atoms with van der Waals surface area (Å²) in [5, 5.41) is 0.387. The van der Waals surface area contributed by atoms with Gasteiger partial charge in [-0.15, -0.1) is 11.3 Å². The lowest BCUT2D eigenvalue weighted by atomic mass is 10.2. The first kappa shape index (κ1) is 15.4. The molecule has 1 aromatic carbocycles. The number of nitrogens with one attached hydrogen (secondary N) is 1. The minimum Gasteiger partial charge on any atom is -0.457 e. The number of carbonyl (C=O) groups excluding carboxylic acids is 1. The van der Waals surface area contributed by atoms with Crippen molar-refractivity contribution in [3.8, 4) is 0 Å². The molecule has 3 aromatic rings. The van der Waals surface area contributed by atoms with Gasteiger partial charge in [0.1, 0.15) is 28.0 Å². The van der Waals surface area contributed by atoms with Crippen LogP contribution in [-0.4, -0.2) is 15.9 Å². The maximum atomic E-state index is 13.5. The van der Waals surface area contributed by atoms with Crippen molar-refractivity contribution in [2.75, 3.05) is 0 Å². The highest BCUT2D eigenvalue weighted by Gasteiger charge is 2.20. The summed E-state index contributed by atoms with van der Waals surface area (Å²) in [5.41, 5.74) is 0.540. The third-order valence-corrected chi connectivity index (χ3v) is 4.59. The number of rotatable bonds is 3. The molecule has 0 aliphatic rings. The van der Waals surface area contributed by atoms with Crippen LogP contribution in [0.1, 0.15) is 26.6 Å². The van der Waals surface area contributed by atoms with Gasteiger partial charge >= 0.3 is 5.97 Å².